The Morgan fingerprint density at radius 1 is 1.15 bits per heavy atom. The molecule has 5 rings (SSSR count). The lowest BCUT2D eigenvalue weighted by molar-refractivity contribution is -0.139. The van der Waals surface area contributed by atoms with E-state index in [4.69, 9.17) is 9.47 Å². The summed E-state index contributed by atoms with van der Waals surface area (Å²) < 4.78 is 49.7. The van der Waals surface area contributed by atoms with Crippen LogP contribution in [-0.2, 0) is 15.7 Å². The summed E-state index contributed by atoms with van der Waals surface area (Å²) in [6, 6.07) is 0. The first-order valence-electron chi connectivity index (χ1n) is 11.1. The van der Waals surface area contributed by atoms with Crippen LogP contribution in [0, 0.1) is 0 Å². The summed E-state index contributed by atoms with van der Waals surface area (Å²) in [5.74, 6) is 0.667. The van der Waals surface area contributed by atoms with Gasteiger partial charge in [0.2, 0.25) is 11.9 Å². The van der Waals surface area contributed by atoms with Crippen molar-refractivity contribution in [1.82, 2.24) is 25.1 Å². The van der Waals surface area contributed by atoms with E-state index in [0.717, 1.165) is 25.2 Å². The van der Waals surface area contributed by atoms with Crippen LogP contribution in [0.1, 0.15) is 48.1 Å². The predicted octanol–water partition coefficient (Wildman–Crippen LogP) is 1.65. The fourth-order valence-electron chi connectivity index (χ4n) is 4.19. The van der Waals surface area contributed by atoms with Gasteiger partial charge in [-0.1, -0.05) is 0 Å². The summed E-state index contributed by atoms with van der Waals surface area (Å²) in [5.41, 5.74) is -0.0105. The van der Waals surface area contributed by atoms with Crippen LogP contribution >= 0.6 is 0 Å². The zero-order valence-corrected chi connectivity index (χ0v) is 18.2. The van der Waals surface area contributed by atoms with Crippen molar-refractivity contribution in [3.05, 3.63) is 39.6 Å². The molecule has 1 amide bonds. The Labute approximate surface area is 192 Å². The molecule has 4 heterocycles. The van der Waals surface area contributed by atoms with Gasteiger partial charge in [0.25, 0.3) is 5.56 Å². The Morgan fingerprint density at radius 2 is 1.85 bits per heavy atom. The maximum atomic E-state index is 12.7. The third kappa shape index (κ3) is 4.56. The number of nitrogens with one attached hydrogen (secondary N) is 1. The second-order valence-corrected chi connectivity index (χ2v) is 8.53. The van der Waals surface area contributed by atoms with E-state index in [1.54, 1.807) is 9.80 Å². The average Bonchev–Trinajstić information content (AvgIpc) is 3.67. The first-order valence-corrected chi connectivity index (χ1v) is 11.1. The lowest BCUT2D eigenvalue weighted by Gasteiger charge is -2.35. The van der Waals surface area contributed by atoms with Crippen LogP contribution in [0.5, 0.6) is 5.75 Å². The summed E-state index contributed by atoms with van der Waals surface area (Å²) in [7, 11) is 0. The number of piperazine rings is 1. The molecule has 2 aliphatic heterocycles. The van der Waals surface area contributed by atoms with E-state index in [-0.39, 0.29) is 29.9 Å². The molecule has 1 aliphatic carbocycles. The number of carbonyl (C=O) groups excluding carboxylic acids is 1. The van der Waals surface area contributed by atoms with Gasteiger partial charge in [-0.3, -0.25) is 9.59 Å². The number of rotatable bonds is 5. The normalized spacial score (nSPS) is 20.6. The van der Waals surface area contributed by atoms with E-state index >= 15 is 0 Å². The highest BCUT2D eigenvalue weighted by molar-refractivity contribution is 5.77. The number of anilines is 1. The minimum Gasteiger partial charge on any atom is -0.491 e. The first kappa shape index (κ1) is 22.6. The SMILES string of the molecule is O=C(COC1CCOc2c1n[nH]c(=O)c2C1CC1)N1CCN(c2ncc(C(F)(F)F)cn2)CC1. The number of alkyl halides is 3. The molecule has 34 heavy (non-hydrogen) atoms. The third-order valence-electron chi connectivity index (χ3n) is 6.21. The Kier molecular flexibility index (Phi) is 5.88. The van der Waals surface area contributed by atoms with Gasteiger partial charge in [-0.15, -0.1) is 0 Å². The molecule has 10 nitrogen and oxygen atoms in total. The topological polar surface area (TPSA) is 114 Å². The standard InChI is InChI=1S/C21H23F3N6O4/c22-21(23,24)13-9-25-20(26-10-13)30-6-4-29(5-7-30)15(31)11-34-14-3-8-33-18-16(12-1-2-12)19(32)28-27-17(14)18/h9-10,12,14H,1-8,11H2,(H,28,32). The van der Waals surface area contributed by atoms with E-state index in [1.807, 2.05) is 0 Å². The Bertz CT molecular complexity index is 1110. The lowest BCUT2D eigenvalue weighted by Crippen LogP contribution is -2.50. The molecule has 2 aromatic rings. The fourth-order valence-corrected chi connectivity index (χ4v) is 4.19. The van der Waals surface area contributed by atoms with Crippen molar-refractivity contribution < 1.29 is 27.4 Å². The molecule has 1 atom stereocenters. The minimum atomic E-state index is -4.49. The highest BCUT2D eigenvalue weighted by Crippen LogP contribution is 2.45. The van der Waals surface area contributed by atoms with Crippen LogP contribution in [0.15, 0.2) is 17.2 Å². The van der Waals surface area contributed by atoms with Crippen LogP contribution in [0.25, 0.3) is 0 Å². The molecule has 0 spiro atoms. The monoisotopic (exact) mass is 480 g/mol. The molecule has 0 aromatic carbocycles. The number of aromatic nitrogens is 4. The minimum absolute atomic E-state index is 0.152. The molecule has 3 aliphatic rings. The maximum absolute atomic E-state index is 12.7. The lowest BCUT2D eigenvalue weighted by atomic mass is 10.0. The van der Waals surface area contributed by atoms with Crippen molar-refractivity contribution in [2.24, 2.45) is 0 Å². The van der Waals surface area contributed by atoms with Crippen LogP contribution < -0.4 is 15.2 Å². The molecular formula is C21H23F3N6O4. The smallest absolute Gasteiger partial charge is 0.419 e. The summed E-state index contributed by atoms with van der Waals surface area (Å²) >= 11 is 0. The van der Waals surface area contributed by atoms with Gasteiger partial charge in [0, 0.05) is 45.0 Å². The van der Waals surface area contributed by atoms with Gasteiger partial charge in [0.15, 0.2) is 5.75 Å². The molecule has 182 valence electrons. The molecule has 0 bridgehead atoms. The number of H-pyrrole nitrogens is 1. The molecule has 1 saturated carbocycles. The van der Waals surface area contributed by atoms with Crippen molar-refractivity contribution in [3.8, 4) is 5.75 Å². The van der Waals surface area contributed by atoms with Gasteiger partial charge >= 0.3 is 6.18 Å². The molecule has 2 fully saturated rings. The number of aromatic amines is 1. The summed E-state index contributed by atoms with van der Waals surface area (Å²) in [6.07, 6.45) is -1.03. The Hall–Kier alpha value is -3.22. The van der Waals surface area contributed by atoms with Gasteiger partial charge in [-0.25, -0.2) is 15.1 Å². The summed E-state index contributed by atoms with van der Waals surface area (Å²) in [4.78, 5) is 35.9. The van der Waals surface area contributed by atoms with Crippen LogP contribution in [0.4, 0.5) is 19.1 Å². The van der Waals surface area contributed by atoms with E-state index in [1.165, 1.54) is 0 Å². The Balaban J connectivity index is 1.16. The molecular weight excluding hydrogens is 457 g/mol. The second-order valence-electron chi connectivity index (χ2n) is 8.53. The van der Waals surface area contributed by atoms with E-state index in [9.17, 15) is 22.8 Å². The second kappa shape index (κ2) is 8.85. The molecule has 13 heteroatoms. The fraction of sp³-hybridized carbons (Fsp3) is 0.571. The molecule has 0 radical (unpaired) electrons. The van der Waals surface area contributed by atoms with Crippen LogP contribution in [0.3, 0.4) is 0 Å². The number of hydrogen-bond acceptors (Lipinski definition) is 8. The zero-order chi connectivity index (χ0) is 23.9. The average molecular weight is 480 g/mol. The van der Waals surface area contributed by atoms with Gasteiger partial charge in [-0.05, 0) is 18.8 Å². The zero-order valence-electron chi connectivity index (χ0n) is 18.2. The van der Waals surface area contributed by atoms with Crippen LogP contribution in [0.2, 0.25) is 0 Å². The number of nitrogens with zero attached hydrogens (tertiary/aromatic N) is 5. The van der Waals surface area contributed by atoms with Gasteiger partial charge in [0.1, 0.15) is 18.4 Å². The van der Waals surface area contributed by atoms with Crippen LogP contribution in [-0.4, -0.2) is 70.4 Å². The van der Waals surface area contributed by atoms with E-state index in [0.29, 0.717) is 56.2 Å². The van der Waals surface area contributed by atoms with Gasteiger partial charge in [0.05, 0.1) is 17.7 Å². The van der Waals surface area contributed by atoms with Crippen molar-refractivity contribution in [3.63, 3.8) is 0 Å². The maximum Gasteiger partial charge on any atom is 0.419 e. The van der Waals surface area contributed by atoms with Crippen molar-refractivity contribution in [1.29, 1.82) is 0 Å². The Morgan fingerprint density at radius 3 is 2.50 bits per heavy atom. The predicted molar refractivity (Wildman–Crippen MR) is 111 cm³/mol. The molecule has 2 aromatic heterocycles. The van der Waals surface area contributed by atoms with E-state index < -0.39 is 17.8 Å². The number of carbonyl (C=O) groups is 1. The van der Waals surface area contributed by atoms with Gasteiger partial charge in [-0.2, -0.15) is 18.3 Å². The number of ether oxygens (including phenoxy) is 2. The molecule has 1 saturated heterocycles. The number of fused-ring (bicyclic) bond motifs is 1. The highest BCUT2D eigenvalue weighted by atomic mass is 19.4. The number of halogens is 3. The summed E-state index contributed by atoms with van der Waals surface area (Å²) in [5, 5.41) is 6.64. The third-order valence-corrected chi connectivity index (χ3v) is 6.21. The summed E-state index contributed by atoms with van der Waals surface area (Å²) in [6.45, 7) is 1.75. The first-order chi connectivity index (χ1) is 16.3. The van der Waals surface area contributed by atoms with Crippen molar-refractivity contribution >= 4 is 11.9 Å². The van der Waals surface area contributed by atoms with Crippen molar-refractivity contribution in [2.75, 3.05) is 44.3 Å². The highest BCUT2D eigenvalue weighted by Gasteiger charge is 2.36. The quantitative estimate of drug-likeness (QED) is 0.687. The van der Waals surface area contributed by atoms with E-state index in [2.05, 4.69) is 20.2 Å². The number of amides is 1. The number of hydrogen-bond donors (Lipinski definition) is 1. The molecule has 1 unspecified atom stereocenters. The van der Waals surface area contributed by atoms with Gasteiger partial charge < -0.3 is 19.3 Å². The largest absolute Gasteiger partial charge is 0.491 e. The van der Waals surface area contributed by atoms with Crippen molar-refractivity contribution in [2.45, 2.75) is 37.5 Å². The molecule has 1 N–H and O–H groups in total.